The number of anilines is 1. The monoisotopic (exact) mass is 257 g/mol. The Balaban J connectivity index is 0. The van der Waals surface area contributed by atoms with Crippen LogP contribution in [0.25, 0.3) is 0 Å². The molecule has 0 aliphatic carbocycles. The minimum Gasteiger partial charge on any atom is -0.381 e. The van der Waals surface area contributed by atoms with Crippen LogP contribution in [0.15, 0.2) is 24.3 Å². The van der Waals surface area contributed by atoms with Gasteiger partial charge in [0, 0.05) is 12.6 Å². The Kier molecular flexibility index (Phi) is 14.9. The Bertz CT molecular complexity index is 279. The Morgan fingerprint density at radius 2 is 1.78 bits per heavy atom. The van der Waals surface area contributed by atoms with Crippen LogP contribution in [-0.2, 0) is 0 Å². The van der Waals surface area contributed by atoms with Gasteiger partial charge in [-0.25, -0.2) is 4.39 Å². The third-order valence-corrected chi connectivity index (χ3v) is 2.09. The van der Waals surface area contributed by atoms with E-state index in [1.807, 2.05) is 13.8 Å². The normalized spacial score (nSPS) is 10.4. The molecule has 1 unspecified atom stereocenters. The van der Waals surface area contributed by atoms with Crippen molar-refractivity contribution in [1.29, 1.82) is 0 Å². The van der Waals surface area contributed by atoms with Crippen molar-refractivity contribution in [2.24, 2.45) is 11.5 Å². The number of hydrogen-bond donors (Lipinski definition) is 3. The number of benzene rings is 1. The van der Waals surface area contributed by atoms with E-state index < -0.39 is 0 Å². The Morgan fingerprint density at radius 3 is 2.28 bits per heavy atom. The molecule has 0 saturated carbocycles. The van der Waals surface area contributed by atoms with Crippen molar-refractivity contribution < 1.29 is 4.39 Å². The molecular formula is C14H28FN3. The fourth-order valence-electron chi connectivity index (χ4n) is 1.32. The van der Waals surface area contributed by atoms with E-state index in [2.05, 4.69) is 18.0 Å². The second-order valence-electron chi connectivity index (χ2n) is 3.41. The van der Waals surface area contributed by atoms with Gasteiger partial charge in [0.15, 0.2) is 0 Å². The van der Waals surface area contributed by atoms with E-state index in [4.69, 9.17) is 5.73 Å². The number of nitrogens with one attached hydrogen (secondary N) is 1. The highest BCUT2D eigenvalue weighted by Crippen LogP contribution is 2.12. The second kappa shape index (κ2) is 13.9. The molecule has 0 fully saturated rings. The van der Waals surface area contributed by atoms with Crippen molar-refractivity contribution in [3.8, 4) is 0 Å². The van der Waals surface area contributed by atoms with E-state index in [0.717, 1.165) is 12.8 Å². The maximum Gasteiger partial charge on any atom is 0.146 e. The van der Waals surface area contributed by atoms with Gasteiger partial charge in [-0.05, 0) is 25.6 Å². The standard InChI is InChI=1S/C11H17FN2.C2H6.CH5N/c1-2-5-9(13)8-14-11-7-4-3-6-10(11)12;2*1-2/h3-4,6-7,9,14H,2,5,8,13H2,1H3;1-2H3;2H2,1H3. The highest BCUT2D eigenvalue weighted by molar-refractivity contribution is 5.44. The van der Waals surface area contributed by atoms with Gasteiger partial charge in [0.2, 0.25) is 0 Å². The van der Waals surface area contributed by atoms with Crippen molar-refractivity contribution in [1.82, 2.24) is 0 Å². The fourth-order valence-corrected chi connectivity index (χ4v) is 1.32. The summed E-state index contributed by atoms with van der Waals surface area (Å²) in [5.41, 5.74) is 10.8. The molecule has 0 bridgehead atoms. The summed E-state index contributed by atoms with van der Waals surface area (Å²) < 4.78 is 13.1. The SMILES string of the molecule is CC.CCCC(N)CNc1ccccc1F.CN. The number of hydrogen-bond acceptors (Lipinski definition) is 3. The average molecular weight is 257 g/mol. The minimum atomic E-state index is -0.226. The van der Waals surface area contributed by atoms with Crippen LogP contribution < -0.4 is 16.8 Å². The molecule has 0 heterocycles. The molecule has 1 aromatic carbocycles. The van der Waals surface area contributed by atoms with Crippen LogP contribution >= 0.6 is 0 Å². The first-order chi connectivity index (χ1) is 8.74. The Morgan fingerprint density at radius 1 is 1.22 bits per heavy atom. The van der Waals surface area contributed by atoms with Gasteiger partial charge in [0.1, 0.15) is 5.82 Å². The Labute approximate surface area is 111 Å². The van der Waals surface area contributed by atoms with Crippen LogP contribution in [-0.4, -0.2) is 19.6 Å². The highest BCUT2D eigenvalue weighted by atomic mass is 19.1. The third kappa shape index (κ3) is 8.96. The zero-order chi connectivity index (χ0) is 14.4. The summed E-state index contributed by atoms with van der Waals surface area (Å²) in [6, 6.07) is 6.73. The smallest absolute Gasteiger partial charge is 0.146 e. The minimum absolute atomic E-state index is 0.0969. The molecule has 0 amide bonds. The first-order valence-corrected chi connectivity index (χ1v) is 6.55. The average Bonchev–Trinajstić information content (AvgIpc) is 2.43. The first kappa shape index (κ1) is 19.2. The van der Waals surface area contributed by atoms with Gasteiger partial charge in [-0.15, -0.1) is 0 Å². The van der Waals surface area contributed by atoms with Gasteiger partial charge in [-0.2, -0.15) is 0 Å². The summed E-state index contributed by atoms with van der Waals surface area (Å²) in [6.07, 6.45) is 2.02. The topological polar surface area (TPSA) is 64.1 Å². The molecule has 0 saturated heterocycles. The maximum absolute atomic E-state index is 13.1. The van der Waals surface area contributed by atoms with E-state index in [0.29, 0.717) is 12.2 Å². The van der Waals surface area contributed by atoms with Gasteiger partial charge in [0.25, 0.3) is 0 Å². The number of para-hydroxylation sites is 1. The van der Waals surface area contributed by atoms with Crippen molar-refractivity contribution >= 4 is 5.69 Å². The van der Waals surface area contributed by atoms with Crippen molar-refractivity contribution in [2.75, 3.05) is 18.9 Å². The van der Waals surface area contributed by atoms with Crippen LogP contribution in [0.3, 0.4) is 0 Å². The summed E-state index contributed by atoms with van der Waals surface area (Å²) in [5.74, 6) is -0.226. The summed E-state index contributed by atoms with van der Waals surface area (Å²) >= 11 is 0. The van der Waals surface area contributed by atoms with Gasteiger partial charge >= 0.3 is 0 Å². The van der Waals surface area contributed by atoms with Gasteiger partial charge in [-0.1, -0.05) is 39.3 Å². The zero-order valence-electron chi connectivity index (χ0n) is 12.0. The molecule has 18 heavy (non-hydrogen) atoms. The van der Waals surface area contributed by atoms with Crippen LogP contribution in [0.4, 0.5) is 10.1 Å². The molecule has 1 aromatic rings. The van der Waals surface area contributed by atoms with E-state index in [-0.39, 0.29) is 11.9 Å². The van der Waals surface area contributed by atoms with E-state index in [1.54, 1.807) is 18.2 Å². The van der Waals surface area contributed by atoms with E-state index >= 15 is 0 Å². The summed E-state index contributed by atoms with van der Waals surface area (Å²) in [5, 5.41) is 3.00. The van der Waals surface area contributed by atoms with Gasteiger partial charge in [0.05, 0.1) is 5.69 Å². The molecule has 0 radical (unpaired) electrons. The summed E-state index contributed by atoms with van der Waals surface area (Å²) in [4.78, 5) is 0. The molecule has 4 heteroatoms. The molecule has 0 aliphatic rings. The second-order valence-corrected chi connectivity index (χ2v) is 3.41. The molecule has 0 spiro atoms. The number of nitrogens with two attached hydrogens (primary N) is 2. The predicted octanol–water partition coefficient (Wildman–Crippen LogP) is 2.97. The summed E-state index contributed by atoms with van der Waals surface area (Å²) in [7, 11) is 1.50. The van der Waals surface area contributed by atoms with Crippen molar-refractivity contribution in [3.63, 3.8) is 0 Å². The quantitative estimate of drug-likeness (QED) is 0.760. The van der Waals surface area contributed by atoms with Crippen LogP contribution in [0.1, 0.15) is 33.6 Å². The molecule has 1 atom stereocenters. The molecular weight excluding hydrogens is 229 g/mol. The molecule has 1 rings (SSSR count). The largest absolute Gasteiger partial charge is 0.381 e. The van der Waals surface area contributed by atoms with Crippen molar-refractivity contribution in [2.45, 2.75) is 39.7 Å². The first-order valence-electron chi connectivity index (χ1n) is 6.55. The Hall–Kier alpha value is -1.13. The van der Waals surface area contributed by atoms with E-state index in [1.165, 1.54) is 13.1 Å². The lowest BCUT2D eigenvalue weighted by Crippen LogP contribution is -2.28. The predicted molar refractivity (Wildman–Crippen MR) is 79.2 cm³/mol. The fraction of sp³-hybridized carbons (Fsp3) is 0.571. The van der Waals surface area contributed by atoms with Crippen LogP contribution in [0.2, 0.25) is 0 Å². The molecule has 0 aromatic heterocycles. The lowest BCUT2D eigenvalue weighted by molar-refractivity contribution is 0.611. The maximum atomic E-state index is 13.1. The number of rotatable bonds is 5. The van der Waals surface area contributed by atoms with Crippen LogP contribution in [0, 0.1) is 5.82 Å². The number of halogens is 1. The van der Waals surface area contributed by atoms with Crippen molar-refractivity contribution in [3.05, 3.63) is 30.1 Å². The van der Waals surface area contributed by atoms with E-state index in [9.17, 15) is 4.39 Å². The van der Waals surface area contributed by atoms with Gasteiger partial charge in [-0.3, -0.25) is 0 Å². The third-order valence-electron chi connectivity index (χ3n) is 2.09. The highest BCUT2D eigenvalue weighted by Gasteiger charge is 2.03. The molecule has 3 nitrogen and oxygen atoms in total. The lowest BCUT2D eigenvalue weighted by atomic mass is 10.2. The summed E-state index contributed by atoms with van der Waals surface area (Å²) in [6.45, 7) is 6.71. The molecule has 5 N–H and O–H groups in total. The molecule has 0 aliphatic heterocycles. The van der Waals surface area contributed by atoms with Gasteiger partial charge < -0.3 is 16.8 Å². The molecule has 106 valence electrons. The van der Waals surface area contributed by atoms with Crippen LogP contribution in [0.5, 0.6) is 0 Å². The lowest BCUT2D eigenvalue weighted by Gasteiger charge is -2.12. The zero-order valence-corrected chi connectivity index (χ0v) is 12.0.